The predicted molar refractivity (Wildman–Crippen MR) is 110 cm³/mol. The molecule has 0 unspecified atom stereocenters. The molecule has 3 heterocycles. The highest BCUT2D eigenvalue weighted by Crippen LogP contribution is 2.25. The number of carbonyl (C=O) groups excluding carboxylic acids is 1. The highest BCUT2D eigenvalue weighted by Gasteiger charge is 2.24. The summed E-state index contributed by atoms with van der Waals surface area (Å²) in [4.78, 5) is 24.0. The van der Waals surface area contributed by atoms with Gasteiger partial charge in [0.25, 0.3) is 5.91 Å². The molecule has 5 heteroatoms. The van der Waals surface area contributed by atoms with Gasteiger partial charge in [-0.15, -0.1) is 0 Å². The molecule has 4 rings (SSSR count). The number of rotatable bonds is 3. The summed E-state index contributed by atoms with van der Waals surface area (Å²) < 4.78 is 0. The van der Waals surface area contributed by atoms with E-state index in [4.69, 9.17) is 0 Å². The zero-order chi connectivity index (χ0) is 18.8. The van der Waals surface area contributed by atoms with E-state index in [0.29, 0.717) is 5.69 Å². The molecule has 2 fully saturated rings. The molecule has 27 heavy (non-hydrogen) atoms. The normalized spacial score (nSPS) is 17.5. The molecule has 2 aromatic rings. The third-order valence-electron chi connectivity index (χ3n) is 5.92. The molecular formula is C22H28N4O. The van der Waals surface area contributed by atoms with Crippen molar-refractivity contribution in [3.8, 4) is 0 Å². The molecule has 2 aliphatic heterocycles. The van der Waals surface area contributed by atoms with Crippen molar-refractivity contribution in [2.45, 2.75) is 26.7 Å². The largest absolute Gasteiger partial charge is 0.371 e. The third kappa shape index (κ3) is 3.64. The first-order chi connectivity index (χ1) is 13.1. The third-order valence-corrected chi connectivity index (χ3v) is 5.92. The molecule has 0 saturated carbocycles. The van der Waals surface area contributed by atoms with Crippen LogP contribution in [0.5, 0.6) is 0 Å². The van der Waals surface area contributed by atoms with E-state index >= 15 is 0 Å². The van der Waals surface area contributed by atoms with E-state index in [9.17, 15) is 4.79 Å². The standard InChI is InChI=1S/C22H28N4O/c1-17-6-5-7-21(18(17)2)25-12-14-26(15-13-25)22(27)20-16-19(8-9-23-20)24-10-3-4-11-24/h5-9,16H,3-4,10-15H2,1-2H3. The smallest absolute Gasteiger partial charge is 0.272 e. The number of amides is 1. The number of carbonyl (C=O) groups is 1. The van der Waals surface area contributed by atoms with E-state index in [1.807, 2.05) is 17.0 Å². The Bertz CT molecular complexity index is 821. The topological polar surface area (TPSA) is 39.7 Å². The van der Waals surface area contributed by atoms with Crippen LogP contribution < -0.4 is 9.80 Å². The number of hydrogen-bond donors (Lipinski definition) is 0. The van der Waals surface area contributed by atoms with E-state index in [-0.39, 0.29) is 5.91 Å². The number of piperazine rings is 1. The van der Waals surface area contributed by atoms with E-state index in [1.54, 1.807) is 6.20 Å². The number of aromatic nitrogens is 1. The summed E-state index contributed by atoms with van der Waals surface area (Å²) in [6, 6.07) is 10.4. The van der Waals surface area contributed by atoms with Gasteiger partial charge in [-0.2, -0.15) is 0 Å². The fourth-order valence-corrected chi connectivity index (χ4v) is 4.10. The lowest BCUT2D eigenvalue weighted by Gasteiger charge is -2.37. The maximum Gasteiger partial charge on any atom is 0.272 e. The quantitative estimate of drug-likeness (QED) is 0.838. The molecule has 0 bridgehead atoms. The van der Waals surface area contributed by atoms with Crippen LogP contribution in [0, 0.1) is 13.8 Å². The number of nitrogens with zero attached hydrogens (tertiary/aromatic N) is 4. The molecule has 2 aliphatic rings. The van der Waals surface area contributed by atoms with E-state index in [2.05, 4.69) is 46.8 Å². The van der Waals surface area contributed by atoms with Gasteiger partial charge in [-0.25, -0.2) is 0 Å². The molecule has 0 aliphatic carbocycles. The SMILES string of the molecule is Cc1cccc(N2CCN(C(=O)c3cc(N4CCCC4)ccn3)CC2)c1C. The Morgan fingerprint density at radius 2 is 1.67 bits per heavy atom. The van der Waals surface area contributed by atoms with Crippen LogP contribution in [0.3, 0.4) is 0 Å². The lowest BCUT2D eigenvalue weighted by atomic mass is 10.1. The molecule has 1 aromatic carbocycles. The maximum atomic E-state index is 13.0. The van der Waals surface area contributed by atoms with Crippen LogP contribution in [-0.2, 0) is 0 Å². The number of aryl methyl sites for hydroxylation is 1. The summed E-state index contributed by atoms with van der Waals surface area (Å²) >= 11 is 0. The van der Waals surface area contributed by atoms with Crippen molar-refractivity contribution < 1.29 is 4.79 Å². The number of anilines is 2. The van der Waals surface area contributed by atoms with Crippen molar-refractivity contribution in [3.63, 3.8) is 0 Å². The van der Waals surface area contributed by atoms with E-state index in [0.717, 1.165) is 45.0 Å². The van der Waals surface area contributed by atoms with Gasteiger partial charge in [0, 0.05) is 56.8 Å². The Morgan fingerprint density at radius 3 is 2.41 bits per heavy atom. The summed E-state index contributed by atoms with van der Waals surface area (Å²) in [5.74, 6) is 0.0525. The Morgan fingerprint density at radius 1 is 0.926 bits per heavy atom. The van der Waals surface area contributed by atoms with Crippen LogP contribution in [0.15, 0.2) is 36.5 Å². The summed E-state index contributed by atoms with van der Waals surface area (Å²) in [6.45, 7) is 9.68. The lowest BCUT2D eigenvalue weighted by Crippen LogP contribution is -2.49. The van der Waals surface area contributed by atoms with Crippen LogP contribution in [0.4, 0.5) is 11.4 Å². The average Bonchev–Trinajstić information content (AvgIpc) is 3.25. The predicted octanol–water partition coefficient (Wildman–Crippen LogP) is 3.26. The van der Waals surface area contributed by atoms with Gasteiger partial charge in [0.1, 0.15) is 5.69 Å². The second-order valence-electron chi connectivity index (χ2n) is 7.59. The Kier molecular flexibility index (Phi) is 5.01. The first kappa shape index (κ1) is 17.8. The molecule has 0 radical (unpaired) electrons. The summed E-state index contributed by atoms with van der Waals surface area (Å²) in [6.07, 6.45) is 4.23. The zero-order valence-electron chi connectivity index (χ0n) is 16.3. The average molecular weight is 364 g/mol. The molecule has 0 N–H and O–H groups in total. The van der Waals surface area contributed by atoms with Crippen molar-refractivity contribution in [1.82, 2.24) is 9.88 Å². The number of benzene rings is 1. The lowest BCUT2D eigenvalue weighted by molar-refractivity contribution is 0.0741. The molecule has 1 amide bonds. The molecule has 1 aromatic heterocycles. The summed E-state index contributed by atoms with van der Waals surface area (Å²) in [5, 5.41) is 0. The summed E-state index contributed by atoms with van der Waals surface area (Å²) in [7, 11) is 0. The molecule has 0 atom stereocenters. The minimum absolute atomic E-state index is 0.0525. The highest BCUT2D eigenvalue weighted by molar-refractivity contribution is 5.93. The maximum absolute atomic E-state index is 13.0. The second kappa shape index (κ2) is 7.59. The van der Waals surface area contributed by atoms with Crippen LogP contribution in [0.25, 0.3) is 0 Å². The van der Waals surface area contributed by atoms with Crippen LogP contribution in [-0.4, -0.2) is 55.1 Å². The van der Waals surface area contributed by atoms with Crippen LogP contribution >= 0.6 is 0 Å². The molecule has 0 spiro atoms. The van der Waals surface area contributed by atoms with Crippen LogP contribution in [0.1, 0.15) is 34.5 Å². The van der Waals surface area contributed by atoms with Crippen molar-refractivity contribution >= 4 is 17.3 Å². The van der Waals surface area contributed by atoms with Gasteiger partial charge < -0.3 is 14.7 Å². The van der Waals surface area contributed by atoms with Gasteiger partial charge >= 0.3 is 0 Å². The van der Waals surface area contributed by atoms with Crippen molar-refractivity contribution in [2.24, 2.45) is 0 Å². The molecule has 142 valence electrons. The number of hydrogen-bond acceptors (Lipinski definition) is 4. The van der Waals surface area contributed by atoms with Crippen molar-refractivity contribution in [2.75, 3.05) is 49.1 Å². The van der Waals surface area contributed by atoms with E-state index in [1.165, 1.54) is 29.7 Å². The Balaban J connectivity index is 1.43. The zero-order valence-corrected chi connectivity index (χ0v) is 16.3. The monoisotopic (exact) mass is 364 g/mol. The number of pyridine rings is 1. The Labute approximate surface area is 161 Å². The molecule has 2 saturated heterocycles. The van der Waals surface area contributed by atoms with Gasteiger partial charge in [0.15, 0.2) is 0 Å². The van der Waals surface area contributed by atoms with Gasteiger partial charge in [-0.3, -0.25) is 9.78 Å². The highest BCUT2D eigenvalue weighted by atomic mass is 16.2. The fraction of sp³-hybridized carbons (Fsp3) is 0.455. The summed E-state index contributed by atoms with van der Waals surface area (Å²) in [5.41, 5.74) is 5.63. The first-order valence-electron chi connectivity index (χ1n) is 9.95. The molecular weight excluding hydrogens is 336 g/mol. The van der Waals surface area contributed by atoms with Crippen LogP contribution in [0.2, 0.25) is 0 Å². The van der Waals surface area contributed by atoms with Gasteiger partial charge in [-0.05, 0) is 56.0 Å². The van der Waals surface area contributed by atoms with Gasteiger partial charge in [-0.1, -0.05) is 12.1 Å². The van der Waals surface area contributed by atoms with Crippen molar-refractivity contribution in [1.29, 1.82) is 0 Å². The Hall–Kier alpha value is -2.56. The minimum atomic E-state index is 0.0525. The minimum Gasteiger partial charge on any atom is -0.371 e. The van der Waals surface area contributed by atoms with Crippen molar-refractivity contribution in [3.05, 3.63) is 53.3 Å². The molecule has 5 nitrogen and oxygen atoms in total. The first-order valence-corrected chi connectivity index (χ1v) is 9.95. The van der Waals surface area contributed by atoms with Gasteiger partial charge in [0.05, 0.1) is 0 Å². The fourth-order valence-electron chi connectivity index (χ4n) is 4.10. The van der Waals surface area contributed by atoms with Gasteiger partial charge in [0.2, 0.25) is 0 Å². The van der Waals surface area contributed by atoms with E-state index < -0.39 is 0 Å². The second-order valence-corrected chi connectivity index (χ2v) is 7.59.